The fourth-order valence-electron chi connectivity index (χ4n) is 4.07. The Bertz CT molecular complexity index is 507. The van der Waals surface area contributed by atoms with Gasteiger partial charge >= 0.3 is 0 Å². The van der Waals surface area contributed by atoms with Crippen LogP contribution in [0, 0.1) is 17.3 Å². The van der Waals surface area contributed by atoms with Crippen LogP contribution >= 0.6 is 0 Å². The lowest BCUT2D eigenvalue weighted by molar-refractivity contribution is -0.129. The molecule has 3 nitrogen and oxygen atoms in total. The van der Waals surface area contributed by atoms with Crippen LogP contribution < -0.4 is 10.1 Å². The van der Waals surface area contributed by atoms with E-state index in [2.05, 4.69) is 38.2 Å². The average molecular weight is 317 g/mol. The smallest absolute Gasteiger partial charge is 0.150 e. The molecule has 2 atom stereocenters. The highest BCUT2D eigenvalue weighted by atomic mass is 16.5. The Hall–Kier alpha value is -1.35. The molecule has 1 aliphatic rings. The van der Waals surface area contributed by atoms with Gasteiger partial charge in [-0.1, -0.05) is 39.3 Å². The second-order valence-corrected chi connectivity index (χ2v) is 7.58. The molecule has 0 amide bonds. The molecule has 0 heterocycles. The minimum atomic E-state index is 0.145. The van der Waals surface area contributed by atoms with E-state index >= 15 is 0 Å². The molecular formula is C20H31NO2. The zero-order chi connectivity index (χ0) is 16.9. The molecule has 1 aromatic carbocycles. The van der Waals surface area contributed by atoms with Gasteiger partial charge in [0.05, 0.1) is 13.7 Å². The van der Waals surface area contributed by atoms with Crippen molar-refractivity contribution in [3.05, 3.63) is 29.8 Å². The number of carbonyl (C=O) groups is 1. The van der Waals surface area contributed by atoms with Gasteiger partial charge in [0.25, 0.3) is 0 Å². The molecule has 1 fully saturated rings. The maximum Gasteiger partial charge on any atom is 0.150 e. The van der Waals surface area contributed by atoms with Gasteiger partial charge in [-0.3, -0.25) is 4.79 Å². The van der Waals surface area contributed by atoms with E-state index in [9.17, 15) is 4.79 Å². The van der Waals surface area contributed by atoms with Crippen molar-refractivity contribution in [1.29, 1.82) is 0 Å². The molecule has 1 N–H and O–H groups in total. The standard InChI is InChI=1S/C20H31NO2/c1-15-6-5-12-20(2,3)19(15)18(22)14-21-13-11-16-7-9-17(23-4)10-8-16/h7-10,15,19,21H,5-6,11-14H2,1-4H3/t15-,19?/m0/s1. The molecule has 0 aliphatic heterocycles. The Kier molecular flexibility index (Phi) is 6.23. The highest BCUT2D eigenvalue weighted by molar-refractivity contribution is 5.84. The lowest BCUT2D eigenvalue weighted by Gasteiger charge is -2.42. The fourth-order valence-corrected chi connectivity index (χ4v) is 4.07. The molecule has 0 saturated heterocycles. The van der Waals surface area contributed by atoms with Crippen LogP contribution in [0.15, 0.2) is 24.3 Å². The normalized spacial score (nSPS) is 23.5. The van der Waals surface area contributed by atoms with Gasteiger partial charge in [-0.2, -0.15) is 0 Å². The highest BCUT2D eigenvalue weighted by Gasteiger charge is 2.40. The Morgan fingerprint density at radius 1 is 1.30 bits per heavy atom. The Balaban J connectivity index is 1.77. The molecular weight excluding hydrogens is 286 g/mol. The van der Waals surface area contributed by atoms with Gasteiger partial charge in [0.1, 0.15) is 11.5 Å². The van der Waals surface area contributed by atoms with Crippen LogP contribution in [0.3, 0.4) is 0 Å². The zero-order valence-electron chi connectivity index (χ0n) is 15.0. The second kappa shape index (κ2) is 7.96. The molecule has 1 aliphatic carbocycles. The number of ether oxygens (including phenoxy) is 1. The van der Waals surface area contributed by atoms with Gasteiger partial charge in [-0.05, 0) is 54.8 Å². The minimum absolute atomic E-state index is 0.145. The number of carbonyl (C=O) groups excluding carboxylic acids is 1. The molecule has 1 unspecified atom stereocenters. The van der Waals surface area contributed by atoms with Crippen molar-refractivity contribution in [2.75, 3.05) is 20.2 Å². The monoisotopic (exact) mass is 317 g/mol. The van der Waals surface area contributed by atoms with Crippen molar-refractivity contribution in [3.8, 4) is 5.75 Å². The van der Waals surface area contributed by atoms with Gasteiger partial charge in [0.15, 0.2) is 0 Å². The number of ketones is 1. The molecule has 128 valence electrons. The second-order valence-electron chi connectivity index (χ2n) is 7.58. The minimum Gasteiger partial charge on any atom is -0.497 e. The predicted octanol–water partition coefficient (Wildman–Crippen LogP) is 3.86. The van der Waals surface area contributed by atoms with Crippen molar-refractivity contribution in [3.63, 3.8) is 0 Å². The summed E-state index contributed by atoms with van der Waals surface area (Å²) in [6, 6.07) is 8.11. The van der Waals surface area contributed by atoms with Crippen LogP contribution in [0.2, 0.25) is 0 Å². The number of rotatable bonds is 7. The van der Waals surface area contributed by atoms with Crippen molar-refractivity contribution >= 4 is 5.78 Å². The van der Waals surface area contributed by atoms with Crippen LogP contribution in [0.5, 0.6) is 5.75 Å². The van der Waals surface area contributed by atoms with Crippen LogP contribution in [-0.4, -0.2) is 26.0 Å². The molecule has 1 aromatic rings. The quantitative estimate of drug-likeness (QED) is 0.776. The number of methoxy groups -OCH3 is 1. The maximum absolute atomic E-state index is 12.6. The summed E-state index contributed by atoms with van der Waals surface area (Å²) < 4.78 is 5.16. The first kappa shape index (κ1) is 18.0. The summed E-state index contributed by atoms with van der Waals surface area (Å²) in [6.45, 7) is 8.07. The van der Waals surface area contributed by atoms with Gasteiger partial charge in [0.2, 0.25) is 0 Å². The van der Waals surface area contributed by atoms with Gasteiger partial charge in [0, 0.05) is 5.92 Å². The summed E-state index contributed by atoms with van der Waals surface area (Å²) in [6.07, 6.45) is 4.54. The lowest BCUT2D eigenvalue weighted by Crippen LogP contribution is -2.43. The molecule has 0 bridgehead atoms. The molecule has 1 saturated carbocycles. The summed E-state index contributed by atoms with van der Waals surface area (Å²) in [7, 11) is 1.68. The van der Waals surface area contributed by atoms with Crippen LogP contribution in [-0.2, 0) is 11.2 Å². The first-order chi connectivity index (χ1) is 10.9. The largest absolute Gasteiger partial charge is 0.497 e. The van der Waals surface area contributed by atoms with E-state index in [4.69, 9.17) is 4.74 Å². The molecule has 2 rings (SSSR count). The van der Waals surface area contributed by atoms with Crippen molar-refractivity contribution < 1.29 is 9.53 Å². The van der Waals surface area contributed by atoms with Gasteiger partial charge in [-0.25, -0.2) is 0 Å². The number of benzene rings is 1. The van der Waals surface area contributed by atoms with E-state index < -0.39 is 0 Å². The highest BCUT2D eigenvalue weighted by Crippen LogP contribution is 2.44. The first-order valence-corrected chi connectivity index (χ1v) is 8.80. The van der Waals surface area contributed by atoms with E-state index in [1.54, 1.807) is 7.11 Å². The Morgan fingerprint density at radius 2 is 2.00 bits per heavy atom. The lowest BCUT2D eigenvalue weighted by atomic mass is 9.62. The molecule has 23 heavy (non-hydrogen) atoms. The number of Topliss-reactive ketones (excluding diaryl/α,β-unsaturated/α-hetero) is 1. The number of nitrogens with one attached hydrogen (secondary N) is 1. The SMILES string of the molecule is COc1ccc(CCNCC(=O)C2[C@@H](C)CCCC2(C)C)cc1. The third kappa shape index (κ3) is 4.81. The van der Waals surface area contributed by atoms with Crippen LogP contribution in [0.25, 0.3) is 0 Å². The van der Waals surface area contributed by atoms with Crippen LogP contribution in [0.4, 0.5) is 0 Å². The zero-order valence-corrected chi connectivity index (χ0v) is 15.0. The van der Waals surface area contributed by atoms with E-state index in [0.717, 1.165) is 18.7 Å². The molecule has 0 radical (unpaired) electrons. The number of hydrogen-bond acceptors (Lipinski definition) is 3. The van der Waals surface area contributed by atoms with Crippen LogP contribution in [0.1, 0.15) is 45.6 Å². The average Bonchev–Trinajstić information content (AvgIpc) is 2.51. The van der Waals surface area contributed by atoms with Gasteiger partial charge < -0.3 is 10.1 Å². The Labute approximate surface area is 140 Å². The third-order valence-electron chi connectivity index (χ3n) is 5.29. The fraction of sp³-hybridized carbons (Fsp3) is 0.650. The first-order valence-electron chi connectivity index (χ1n) is 8.80. The molecule has 0 spiro atoms. The third-order valence-corrected chi connectivity index (χ3v) is 5.29. The van der Waals surface area contributed by atoms with E-state index in [-0.39, 0.29) is 11.3 Å². The van der Waals surface area contributed by atoms with E-state index in [0.29, 0.717) is 18.2 Å². The van der Waals surface area contributed by atoms with Gasteiger partial charge in [-0.15, -0.1) is 0 Å². The van der Waals surface area contributed by atoms with E-state index in [1.165, 1.54) is 24.8 Å². The van der Waals surface area contributed by atoms with Crippen molar-refractivity contribution in [2.45, 2.75) is 46.5 Å². The topological polar surface area (TPSA) is 38.3 Å². The van der Waals surface area contributed by atoms with Crippen molar-refractivity contribution in [1.82, 2.24) is 5.32 Å². The summed E-state index contributed by atoms with van der Waals surface area (Å²) in [5.41, 5.74) is 1.41. The van der Waals surface area contributed by atoms with Crippen molar-refractivity contribution in [2.24, 2.45) is 17.3 Å². The summed E-state index contributed by atoms with van der Waals surface area (Å²) in [5, 5.41) is 3.34. The predicted molar refractivity (Wildman–Crippen MR) is 94.9 cm³/mol. The number of hydrogen-bond donors (Lipinski definition) is 1. The summed E-state index contributed by atoms with van der Waals surface area (Å²) in [5.74, 6) is 1.97. The maximum atomic E-state index is 12.6. The summed E-state index contributed by atoms with van der Waals surface area (Å²) >= 11 is 0. The molecule has 0 aromatic heterocycles. The summed E-state index contributed by atoms with van der Waals surface area (Å²) in [4.78, 5) is 12.6. The molecule has 3 heteroatoms. The van der Waals surface area contributed by atoms with E-state index in [1.807, 2.05) is 12.1 Å². The Morgan fingerprint density at radius 3 is 2.61 bits per heavy atom.